The van der Waals surface area contributed by atoms with E-state index >= 15 is 0 Å². The number of likely N-dealkylation sites (tertiary alicyclic amines) is 1. The van der Waals surface area contributed by atoms with E-state index in [9.17, 15) is 0 Å². The van der Waals surface area contributed by atoms with Crippen LogP contribution < -0.4 is 11.1 Å². The zero-order chi connectivity index (χ0) is 15.2. The van der Waals surface area contributed by atoms with Crippen molar-refractivity contribution in [2.24, 2.45) is 11.7 Å². The van der Waals surface area contributed by atoms with Crippen LogP contribution in [0.1, 0.15) is 43.6 Å². The molecular weight excluding hydrogens is 270 g/mol. The van der Waals surface area contributed by atoms with Gasteiger partial charge in [-0.15, -0.1) is 0 Å². The van der Waals surface area contributed by atoms with Crippen LogP contribution in [0.4, 0.5) is 0 Å². The van der Waals surface area contributed by atoms with Gasteiger partial charge >= 0.3 is 0 Å². The van der Waals surface area contributed by atoms with Crippen molar-refractivity contribution in [3.05, 3.63) is 35.9 Å². The van der Waals surface area contributed by atoms with Crippen LogP contribution in [-0.4, -0.2) is 43.7 Å². The number of nitrogens with two attached hydrogens (primary N) is 1. The predicted octanol–water partition coefficient (Wildman–Crippen LogP) is 2.58. The van der Waals surface area contributed by atoms with Crippen LogP contribution in [-0.2, 0) is 0 Å². The highest BCUT2D eigenvalue weighted by molar-refractivity contribution is 5.21. The first-order valence-electron chi connectivity index (χ1n) is 9.06. The van der Waals surface area contributed by atoms with Crippen LogP contribution in [0.3, 0.4) is 0 Å². The smallest absolute Gasteiger partial charge is 0.0201 e. The fourth-order valence-electron chi connectivity index (χ4n) is 4.22. The number of piperidine rings is 1. The molecule has 3 heteroatoms. The van der Waals surface area contributed by atoms with E-state index in [0.29, 0.717) is 12.0 Å². The van der Waals surface area contributed by atoms with Crippen molar-refractivity contribution in [2.75, 3.05) is 32.7 Å². The van der Waals surface area contributed by atoms with Crippen LogP contribution in [0.2, 0.25) is 0 Å². The molecule has 1 saturated heterocycles. The Balaban J connectivity index is 1.59. The summed E-state index contributed by atoms with van der Waals surface area (Å²) >= 11 is 0. The molecule has 0 radical (unpaired) electrons. The van der Waals surface area contributed by atoms with Gasteiger partial charge in [-0.2, -0.15) is 0 Å². The molecule has 2 fully saturated rings. The minimum Gasteiger partial charge on any atom is -0.329 e. The summed E-state index contributed by atoms with van der Waals surface area (Å²) in [7, 11) is 0. The summed E-state index contributed by atoms with van der Waals surface area (Å²) in [5, 5.41) is 3.87. The second-order valence-corrected chi connectivity index (χ2v) is 7.15. The van der Waals surface area contributed by atoms with Crippen LogP contribution in [0.15, 0.2) is 30.3 Å². The van der Waals surface area contributed by atoms with E-state index in [4.69, 9.17) is 5.73 Å². The molecule has 122 valence electrons. The zero-order valence-electron chi connectivity index (χ0n) is 13.7. The highest BCUT2D eigenvalue weighted by atomic mass is 15.2. The lowest BCUT2D eigenvalue weighted by Crippen LogP contribution is -2.50. The fraction of sp³-hybridized carbons (Fsp3) is 0.684. The van der Waals surface area contributed by atoms with Crippen molar-refractivity contribution in [3.8, 4) is 0 Å². The molecule has 1 aromatic carbocycles. The monoisotopic (exact) mass is 301 g/mol. The standard InChI is InChI=1S/C19H31N3/c20-10-11-22-14-18(17-8-2-1-3-9-17)12-19(15-22)21-13-16-6-4-5-7-16/h1-3,8-9,16,18-19,21H,4-7,10-15,20H2. The number of nitrogens with zero attached hydrogens (tertiary/aromatic N) is 1. The highest BCUT2D eigenvalue weighted by Gasteiger charge is 2.28. The lowest BCUT2D eigenvalue weighted by Gasteiger charge is -2.38. The van der Waals surface area contributed by atoms with E-state index in [1.807, 2.05) is 0 Å². The van der Waals surface area contributed by atoms with E-state index in [1.54, 1.807) is 0 Å². The number of rotatable bonds is 6. The number of benzene rings is 1. The summed E-state index contributed by atoms with van der Waals surface area (Å²) in [4.78, 5) is 2.55. The van der Waals surface area contributed by atoms with E-state index in [2.05, 4.69) is 40.5 Å². The summed E-state index contributed by atoms with van der Waals surface area (Å²) in [6.45, 7) is 5.31. The first-order valence-corrected chi connectivity index (χ1v) is 9.06. The maximum absolute atomic E-state index is 5.80. The van der Waals surface area contributed by atoms with Gasteiger partial charge in [0.05, 0.1) is 0 Å². The molecule has 0 spiro atoms. The van der Waals surface area contributed by atoms with Gasteiger partial charge in [0.2, 0.25) is 0 Å². The summed E-state index contributed by atoms with van der Waals surface area (Å²) in [5.41, 5.74) is 7.28. The van der Waals surface area contributed by atoms with Crippen molar-refractivity contribution >= 4 is 0 Å². The van der Waals surface area contributed by atoms with Gasteiger partial charge in [-0.3, -0.25) is 4.90 Å². The molecule has 0 amide bonds. The van der Waals surface area contributed by atoms with Gasteiger partial charge < -0.3 is 11.1 Å². The Kier molecular flexibility index (Phi) is 5.88. The van der Waals surface area contributed by atoms with Gasteiger partial charge in [0.25, 0.3) is 0 Å². The van der Waals surface area contributed by atoms with Gasteiger partial charge in [-0.05, 0) is 43.2 Å². The highest BCUT2D eigenvalue weighted by Crippen LogP contribution is 2.28. The number of hydrogen-bond acceptors (Lipinski definition) is 3. The van der Waals surface area contributed by atoms with E-state index in [1.165, 1.54) is 44.2 Å². The average Bonchev–Trinajstić information content (AvgIpc) is 3.07. The SMILES string of the molecule is NCCN1CC(NCC2CCCC2)CC(c2ccccc2)C1. The minimum absolute atomic E-state index is 0.617. The number of nitrogens with one attached hydrogen (secondary N) is 1. The van der Waals surface area contributed by atoms with E-state index in [0.717, 1.165) is 32.1 Å². The molecule has 2 atom stereocenters. The second kappa shape index (κ2) is 8.09. The molecular formula is C19H31N3. The first kappa shape index (κ1) is 16.0. The molecule has 1 aliphatic heterocycles. The third kappa shape index (κ3) is 4.31. The summed E-state index contributed by atoms with van der Waals surface area (Å²) in [5.74, 6) is 1.56. The molecule has 1 heterocycles. The third-order valence-corrected chi connectivity index (χ3v) is 5.41. The van der Waals surface area contributed by atoms with Crippen molar-refractivity contribution in [3.63, 3.8) is 0 Å². The zero-order valence-corrected chi connectivity index (χ0v) is 13.7. The molecule has 2 unspecified atom stereocenters. The van der Waals surface area contributed by atoms with Gasteiger partial charge in [0.15, 0.2) is 0 Å². The molecule has 22 heavy (non-hydrogen) atoms. The van der Waals surface area contributed by atoms with Crippen molar-refractivity contribution < 1.29 is 0 Å². The molecule has 3 N–H and O–H groups in total. The Labute approximate surface area is 135 Å². The van der Waals surface area contributed by atoms with Gasteiger partial charge in [0, 0.05) is 32.2 Å². The average molecular weight is 301 g/mol. The van der Waals surface area contributed by atoms with Crippen molar-refractivity contribution in [1.82, 2.24) is 10.2 Å². The van der Waals surface area contributed by atoms with Crippen LogP contribution in [0.5, 0.6) is 0 Å². The summed E-state index contributed by atoms with van der Waals surface area (Å²) in [6.07, 6.45) is 6.98. The lowest BCUT2D eigenvalue weighted by molar-refractivity contribution is 0.172. The van der Waals surface area contributed by atoms with E-state index < -0.39 is 0 Å². The van der Waals surface area contributed by atoms with Gasteiger partial charge in [0.1, 0.15) is 0 Å². The summed E-state index contributed by atoms with van der Waals surface area (Å²) in [6, 6.07) is 11.6. The molecule has 0 aromatic heterocycles. The third-order valence-electron chi connectivity index (χ3n) is 5.41. The van der Waals surface area contributed by atoms with Gasteiger partial charge in [-0.1, -0.05) is 43.2 Å². The second-order valence-electron chi connectivity index (χ2n) is 7.15. The maximum Gasteiger partial charge on any atom is 0.0201 e. The topological polar surface area (TPSA) is 41.3 Å². The molecule has 0 bridgehead atoms. The first-order chi connectivity index (χ1) is 10.8. The molecule has 3 rings (SSSR count). The Bertz CT molecular complexity index is 428. The quantitative estimate of drug-likeness (QED) is 0.848. The van der Waals surface area contributed by atoms with Crippen LogP contribution in [0.25, 0.3) is 0 Å². The van der Waals surface area contributed by atoms with Crippen LogP contribution >= 0.6 is 0 Å². The fourth-order valence-corrected chi connectivity index (χ4v) is 4.22. The Morgan fingerprint density at radius 3 is 2.59 bits per heavy atom. The van der Waals surface area contributed by atoms with Gasteiger partial charge in [-0.25, -0.2) is 0 Å². The molecule has 1 aromatic rings. The Morgan fingerprint density at radius 1 is 1.09 bits per heavy atom. The predicted molar refractivity (Wildman–Crippen MR) is 93.0 cm³/mol. The molecule has 3 nitrogen and oxygen atoms in total. The van der Waals surface area contributed by atoms with Crippen LogP contribution in [0, 0.1) is 5.92 Å². The van der Waals surface area contributed by atoms with Crippen molar-refractivity contribution in [2.45, 2.75) is 44.1 Å². The molecule has 1 saturated carbocycles. The molecule has 2 aliphatic rings. The molecule has 1 aliphatic carbocycles. The minimum atomic E-state index is 0.617. The maximum atomic E-state index is 5.80. The Morgan fingerprint density at radius 2 is 1.86 bits per heavy atom. The van der Waals surface area contributed by atoms with Crippen molar-refractivity contribution in [1.29, 1.82) is 0 Å². The van der Waals surface area contributed by atoms with E-state index in [-0.39, 0.29) is 0 Å². The number of hydrogen-bond donors (Lipinski definition) is 2. The Hall–Kier alpha value is -0.900. The normalized spacial score (nSPS) is 27.3. The largest absolute Gasteiger partial charge is 0.329 e. The summed E-state index contributed by atoms with van der Waals surface area (Å²) < 4.78 is 0. The lowest BCUT2D eigenvalue weighted by atomic mass is 9.88.